The van der Waals surface area contributed by atoms with Crippen LogP contribution in [0.3, 0.4) is 0 Å². The third kappa shape index (κ3) is 3.71. The van der Waals surface area contributed by atoms with Crippen LogP contribution in [-0.4, -0.2) is 25.8 Å². The van der Waals surface area contributed by atoms with Gasteiger partial charge in [-0.15, -0.1) is 11.3 Å². The molecule has 1 aliphatic rings. The minimum atomic E-state index is -0.0929. The van der Waals surface area contributed by atoms with E-state index in [1.807, 2.05) is 5.38 Å². The van der Waals surface area contributed by atoms with Crippen molar-refractivity contribution in [3.05, 3.63) is 21.9 Å². The van der Waals surface area contributed by atoms with Crippen LogP contribution in [0.4, 0.5) is 4.79 Å². The minimum absolute atomic E-state index is 0.0929. The summed E-state index contributed by atoms with van der Waals surface area (Å²) in [6.07, 6.45) is 1.05. The standard InChI is InChI=1S/C12H18N2O2S/c1-9-3-5-17-11(9)7-14-12(15)13-6-10-2-4-16-8-10/h3,5,10H,2,4,6-8H2,1H3,(H2,13,14,15)/t10-/m1/s1. The van der Waals surface area contributed by atoms with Gasteiger partial charge < -0.3 is 15.4 Å². The second-order valence-corrected chi connectivity index (χ2v) is 5.32. The number of rotatable bonds is 4. The Hall–Kier alpha value is -1.07. The maximum absolute atomic E-state index is 11.5. The van der Waals surface area contributed by atoms with Crippen LogP contribution in [0.1, 0.15) is 16.9 Å². The van der Waals surface area contributed by atoms with Crippen molar-refractivity contribution in [1.82, 2.24) is 10.6 Å². The predicted octanol–water partition coefficient (Wildman–Crippen LogP) is 1.89. The van der Waals surface area contributed by atoms with Gasteiger partial charge in [0.25, 0.3) is 0 Å². The fraction of sp³-hybridized carbons (Fsp3) is 0.583. The molecule has 0 bridgehead atoms. The molecular formula is C12H18N2O2S. The zero-order valence-corrected chi connectivity index (χ0v) is 10.8. The molecule has 1 aliphatic heterocycles. The summed E-state index contributed by atoms with van der Waals surface area (Å²) < 4.78 is 5.25. The molecule has 0 saturated carbocycles. The zero-order valence-electron chi connectivity index (χ0n) is 9.99. The Kier molecular flexibility index (Phi) is 4.39. The van der Waals surface area contributed by atoms with E-state index >= 15 is 0 Å². The van der Waals surface area contributed by atoms with E-state index in [0.717, 1.165) is 19.6 Å². The molecule has 1 aromatic heterocycles. The molecule has 5 heteroatoms. The molecule has 2 heterocycles. The quantitative estimate of drug-likeness (QED) is 0.862. The molecule has 1 fully saturated rings. The maximum atomic E-state index is 11.5. The van der Waals surface area contributed by atoms with Crippen LogP contribution in [0, 0.1) is 12.8 Å². The molecule has 2 N–H and O–H groups in total. The summed E-state index contributed by atoms with van der Waals surface area (Å²) in [5, 5.41) is 7.79. The third-order valence-electron chi connectivity index (χ3n) is 2.95. The summed E-state index contributed by atoms with van der Waals surface area (Å²) in [6, 6.07) is 1.97. The van der Waals surface area contributed by atoms with Gasteiger partial charge in [-0.25, -0.2) is 4.79 Å². The van der Waals surface area contributed by atoms with Crippen molar-refractivity contribution < 1.29 is 9.53 Å². The first-order chi connectivity index (χ1) is 8.25. The number of hydrogen-bond acceptors (Lipinski definition) is 3. The molecule has 2 rings (SSSR count). The molecule has 0 aliphatic carbocycles. The lowest BCUT2D eigenvalue weighted by Crippen LogP contribution is -2.37. The first kappa shape index (κ1) is 12.4. The number of urea groups is 1. The van der Waals surface area contributed by atoms with Crippen LogP contribution >= 0.6 is 11.3 Å². The molecule has 1 aromatic rings. The smallest absolute Gasteiger partial charge is 0.315 e. The van der Waals surface area contributed by atoms with Gasteiger partial charge in [0.2, 0.25) is 0 Å². The Labute approximate surface area is 105 Å². The lowest BCUT2D eigenvalue weighted by atomic mass is 10.1. The van der Waals surface area contributed by atoms with Crippen LogP contribution in [-0.2, 0) is 11.3 Å². The van der Waals surface area contributed by atoms with E-state index in [0.29, 0.717) is 19.0 Å². The number of carbonyl (C=O) groups is 1. The normalized spacial score (nSPS) is 19.2. The molecule has 0 spiro atoms. The van der Waals surface area contributed by atoms with Crippen LogP contribution < -0.4 is 10.6 Å². The van der Waals surface area contributed by atoms with Crippen molar-refractivity contribution in [3.63, 3.8) is 0 Å². The lowest BCUT2D eigenvalue weighted by Gasteiger charge is -2.10. The van der Waals surface area contributed by atoms with E-state index < -0.39 is 0 Å². The van der Waals surface area contributed by atoms with Gasteiger partial charge >= 0.3 is 6.03 Å². The van der Waals surface area contributed by atoms with Gasteiger partial charge in [0, 0.05) is 23.9 Å². The third-order valence-corrected chi connectivity index (χ3v) is 3.98. The Morgan fingerprint density at radius 1 is 1.59 bits per heavy atom. The average Bonchev–Trinajstić information content (AvgIpc) is 2.95. The first-order valence-corrected chi connectivity index (χ1v) is 6.76. The van der Waals surface area contributed by atoms with E-state index in [2.05, 4.69) is 23.6 Å². The molecule has 4 nitrogen and oxygen atoms in total. The Balaban J connectivity index is 1.65. The second-order valence-electron chi connectivity index (χ2n) is 4.32. The van der Waals surface area contributed by atoms with Crippen molar-refractivity contribution in [3.8, 4) is 0 Å². The van der Waals surface area contributed by atoms with E-state index in [-0.39, 0.29) is 6.03 Å². The maximum Gasteiger partial charge on any atom is 0.315 e. The summed E-state index contributed by atoms with van der Waals surface area (Å²) in [6.45, 7) is 4.96. The number of hydrogen-bond donors (Lipinski definition) is 2. The van der Waals surface area contributed by atoms with Crippen LogP contribution in [0.25, 0.3) is 0 Å². The largest absolute Gasteiger partial charge is 0.381 e. The molecule has 94 valence electrons. The summed E-state index contributed by atoms with van der Waals surface area (Å²) in [7, 11) is 0. The fourth-order valence-corrected chi connectivity index (χ4v) is 2.64. The predicted molar refractivity (Wildman–Crippen MR) is 68.2 cm³/mol. The number of thiophene rings is 1. The molecule has 0 unspecified atom stereocenters. The van der Waals surface area contributed by atoms with Gasteiger partial charge in [-0.2, -0.15) is 0 Å². The van der Waals surface area contributed by atoms with E-state index in [1.165, 1.54) is 10.4 Å². The van der Waals surface area contributed by atoms with Crippen molar-refractivity contribution >= 4 is 17.4 Å². The molecule has 1 saturated heterocycles. The van der Waals surface area contributed by atoms with Gasteiger partial charge in [-0.05, 0) is 30.4 Å². The summed E-state index contributed by atoms with van der Waals surface area (Å²) in [5.74, 6) is 0.476. The lowest BCUT2D eigenvalue weighted by molar-refractivity contribution is 0.185. The highest BCUT2D eigenvalue weighted by Gasteiger charge is 2.16. The molecule has 0 aromatic carbocycles. The highest BCUT2D eigenvalue weighted by Crippen LogP contribution is 2.14. The number of nitrogens with one attached hydrogen (secondary N) is 2. The van der Waals surface area contributed by atoms with Gasteiger partial charge in [0.1, 0.15) is 0 Å². The van der Waals surface area contributed by atoms with Gasteiger partial charge in [-0.1, -0.05) is 0 Å². The van der Waals surface area contributed by atoms with E-state index in [4.69, 9.17) is 4.74 Å². The van der Waals surface area contributed by atoms with E-state index in [9.17, 15) is 4.79 Å². The average molecular weight is 254 g/mol. The molecule has 1 atom stereocenters. The van der Waals surface area contributed by atoms with Crippen molar-refractivity contribution in [1.29, 1.82) is 0 Å². The van der Waals surface area contributed by atoms with Crippen LogP contribution in [0.2, 0.25) is 0 Å². The number of amides is 2. The zero-order chi connectivity index (χ0) is 12.1. The fourth-order valence-electron chi connectivity index (χ4n) is 1.79. The topological polar surface area (TPSA) is 50.4 Å². The molecule has 2 amide bonds. The van der Waals surface area contributed by atoms with Crippen molar-refractivity contribution in [2.75, 3.05) is 19.8 Å². The SMILES string of the molecule is Cc1ccsc1CNC(=O)NC[C@H]1CCOC1. The Morgan fingerprint density at radius 3 is 3.12 bits per heavy atom. The van der Waals surface area contributed by atoms with Crippen molar-refractivity contribution in [2.45, 2.75) is 19.9 Å². The highest BCUT2D eigenvalue weighted by molar-refractivity contribution is 7.10. The molecular weight excluding hydrogens is 236 g/mol. The van der Waals surface area contributed by atoms with Gasteiger partial charge in [0.05, 0.1) is 13.2 Å². The number of aryl methyl sites for hydroxylation is 1. The highest BCUT2D eigenvalue weighted by atomic mass is 32.1. The van der Waals surface area contributed by atoms with Crippen LogP contribution in [0.5, 0.6) is 0 Å². The van der Waals surface area contributed by atoms with Crippen LogP contribution in [0.15, 0.2) is 11.4 Å². The number of ether oxygens (including phenoxy) is 1. The summed E-state index contributed by atoms with van der Waals surface area (Å²) >= 11 is 1.67. The molecule has 17 heavy (non-hydrogen) atoms. The summed E-state index contributed by atoms with van der Waals surface area (Å²) in [5.41, 5.74) is 1.24. The van der Waals surface area contributed by atoms with Crippen molar-refractivity contribution in [2.24, 2.45) is 5.92 Å². The molecule has 0 radical (unpaired) electrons. The second kappa shape index (κ2) is 6.02. The van der Waals surface area contributed by atoms with Gasteiger partial charge in [0.15, 0.2) is 0 Å². The van der Waals surface area contributed by atoms with E-state index in [1.54, 1.807) is 11.3 Å². The summed E-state index contributed by atoms with van der Waals surface area (Å²) in [4.78, 5) is 12.8. The first-order valence-electron chi connectivity index (χ1n) is 5.88. The number of carbonyl (C=O) groups excluding carboxylic acids is 1. The van der Waals surface area contributed by atoms with Gasteiger partial charge in [-0.3, -0.25) is 0 Å². The monoisotopic (exact) mass is 254 g/mol. The minimum Gasteiger partial charge on any atom is -0.381 e. The Morgan fingerprint density at radius 2 is 2.47 bits per heavy atom. The Bertz CT molecular complexity index is 372.